The smallest absolute Gasteiger partial charge is 0.424 e. The molecule has 228 valence electrons. The lowest BCUT2D eigenvalue weighted by Gasteiger charge is -2.34. The molecule has 0 spiro atoms. The van der Waals surface area contributed by atoms with Gasteiger partial charge in [-0.15, -0.1) is 0 Å². The Balaban J connectivity index is 1.28. The van der Waals surface area contributed by atoms with Gasteiger partial charge in [-0.25, -0.2) is 4.79 Å². The van der Waals surface area contributed by atoms with Crippen molar-refractivity contribution >= 4 is 17.6 Å². The van der Waals surface area contributed by atoms with Crippen molar-refractivity contribution in [2.24, 2.45) is 5.92 Å². The molecule has 3 amide bonds. The molecule has 8 nitrogen and oxygen atoms in total. The summed E-state index contributed by atoms with van der Waals surface area (Å²) in [7, 11) is 2.00. The number of anilines is 1. The van der Waals surface area contributed by atoms with E-state index in [0.717, 1.165) is 29.7 Å². The van der Waals surface area contributed by atoms with Gasteiger partial charge in [0.1, 0.15) is 11.3 Å². The number of nitriles is 1. The number of halogens is 3. The Bertz CT molecular complexity index is 1510. The van der Waals surface area contributed by atoms with Gasteiger partial charge < -0.3 is 19.9 Å². The van der Waals surface area contributed by atoms with Crippen molar-refractivity contribution in [3.8, 4) is 11.8 Å². The topological polar surface area (TPSA) is 88.9 Å². The van der Waals surface area contributed by atoms with Crippen LogP contribution in [-0.4, -0.2) is 67.6 Å². The number of hydrogen-bond acceptors (Lipinski definition) is 5. The lowest BCUT2D eigenvalue weighted by atomic mass is 9.89. The standard InChI is InChI=1S/C33H32F3N5O3/c1-39(17-7-19-44-27-10-3-2-4-11-27)16-6-18-40-22-28-29(31(40)42)30(24-14-12-23(21-37)13-15-24)38-32(43)41(28)26-9-5-8-25(20-26)33(34,35)36/h2-4,9-12,14-15,20,23,30H,6-7,13,16-19,22H2,1H3,(H,38,43). The van der Waals surface area contributed by atoms with Gasteiger partial charge in [0.05, 0.1) is 48.1 Å². The van der Waals surface area contributed by atoms with Crippen LogP contribution in [0.25, 0.3) is 0 Å². The first-order valence-corrected chi connectivity index (χ1v) is 14.4. The number of urea groups is 1. The van der Waals surface area contributed by atoms with Crippen molar-refractivity contribution in [1.29, 1.82) is 5.26 Å². The van der Waals surface area contributed by atoms with Crippen molar-refractivity contribution in [3.05, 3.63) is 95.2 Å². The number of benzene rings is 1. The van der Waals surface area contributed by atoms with Crippen molar-refractivity contribution in [3.63, 3.8) is 0 Å². The molecule has 3 aliphatic rings. The van der Waals surface area contributed by atoms with Gasteiger partial charge in [-0.1, -0.05) is 48.6 Å². The van der Waals surface area contributed by atoms with Gasteiger partial charge in [0, 0.05) is 19.2 Å². The van der Waals surface area contributed by atoms with Crippen LogP contribution in [0.5, 0.6) is 5.75 Å². The zero-order valence-corrected chi connectivity index (χ0v) is 24.2. The minimum absolute atomic E-state index is 0.0515. The van der Waals surface area contributed by atoms with Crippen LogP contribution < -0.4 is 15.0 Å². The van der Waals surface area contributed by atoms with Crippen molar-refractivity contribution in [1.82, 2.24) is 15.1 Å². The number of ether oxygens (including phenoxy) is 1. The van der Waals surface area contributed by atoms with Crippen LogP contribution in [0.1, 0.15) is 24.8 Å². The fraction of sp³-hybridized carbons (Fsp3) is 0.364. The number of amides is 3. The van der Waals surface area contributed by atoms with Gasteiger partial charge in [0.2, 0.25) is 0 Å². The Kier molecular flexibility index (Phi) is 9.26. The van der Waals surface area contributed by atoms with Crippen LogP contribution in [0, 0.1) is 29.4 Å². The van der Waals surface area contributed by atoms with Gasteiger partial charge in [-0.05, 0) is 56.6 Å². The number of hydrogen-bond donors (Lipinski definition) is 1. The molecule has 2 aromatic carbocycles. The van der Waals surface area contributed by atoms with E-state index in [0.29, 0.717) is 49.4 Å². The minimum atomic E-state index is -4.68. The maximum Gasteiger partial charge on any atom is 0.424 e. The van der Waals surface area contributed by atoms with Crippen LogP contribution >= 0.6 is 0 Å². The Morgan fingerprint density at radius 2 is 1.95 bits per heavy atom. The summed E-state index contributed by atoms with van der Waals surface area (Å²) in [4.78, 5) is 32.2. The van der Waals surface area contributed by atoms with Crippen LogP contribution in [0.2, 0.25) is 0 Å². The summed E-state index contributed by atoms with van der Waals surface area (Å²) in [6.45, 7) is 2.57. The molecule has 0 aromatic heterocycles. The second-order valence-corrected chi connectivity index (χ2v) is 10.9. The number of nitrogens with one attached hydrogen (secondary N) is 1. The summed E-state index contributed by atoms with van der Waals surface area (Å²) in [6, 6.07) is 16.8. The van der Waals surface area contributed by atoms with Gasteiger partial charge in [-0.3, -0.25) is 9.69 Å². The summed E-state index contributed by atoms with van der Waals surface area (Å²) in [5.74, 6) is 0.232. The van der Waals surface area contributed by atoms with E-state index >= 15 is 0 Å². The molecule has 2 unspecified atom stereocenters. The zero-order chi connectivity index (χ0) is 31.3. The first-order valence-electron chi connectivity index (χ1n) is 14.4. The van der Waals surface area contributed by atoms with E-state index in [9.17, 15) is 28.0 Å². The average Bonchev–Trinajstić information content (AvgIpc) is 3.34. The van der Waals surface area contributed by atoms with Crippen LogP contribution in [0.3, 0.4) is 0 Å². The summed E-state index contributed by atoms with van der Waals surface area (Å²) in [6.07, 6.45) is 2.51. The van der Waals surface area contributed by atoms with Crippen molar-refractivity contribution in [2.45, 2.75) is 31.5 Å². The second-order valence-electron chi connectivity index (χ2n) is 10.9. The fourth-order valence-corrected chi connectivity index (χ4v) is 5.53. The van der Waals surface area contributed by atoms with E-state index in [1.807, 2.05) is 43.5 Å². The highest BCUT2D eigenvalue weighted by molar-refractivity contribution is 6.08. The molecule has 0 saturated carbocycles. The zero-order valence-electron chi connectivity index (χ0n) is 24.2. The maximum atomic E-state index is 13.8. The molecule has 1 N–H and O–H groups in total. The molecular weight excluding hydrogens is 571 g/mol. The van der Waals surface area contributed by atoms with Gasteiger partial charge in [-0.2, -0.15) is 18.4 Å². The summed E-state index contributed by atoms with van der Waals surface area (Å²) >= 11 is 0. The molecule has 11 heteroatoms. The number of para-hydroxylation sites is 1. The van der Waals surface area contributed by atoms with E-state index in [1.165, 1.54) is 6.07 Å². The molecule has 44 heavy (non-hydrogen) atoms. The predicted octanol–water partition coefficient (Wildman–Crippen LogP) is 5.12. The molecule has 0 fully saturated rings. The lowest BCUT2D eigenvalue weighted by Crippen LogP contribution is -2.52. The number of rotatable bonds is 11. The summed E-state index contributed by atoms with van der Waals surface area (Å²) in [5.41, 5.74) is 0.187. The molecule has 2 aliphatic heterocycles. The molecule has 2 atom stereocenters. The average molecular weight is 604 g/mol. The quantitative estimate of drug-likeness (QED) is 0.361. The highest BCUT2D eigenvalue weighted by Crippen LogP contribution is 2.37. The third kappa shape index (κ3) is 6.90. The lowest BCUT2D eigenvalue weighted by molar-refractivity contribution is -0.137. The molecular formula is C33H32F3N5O3. The highest BCUT2D eigenvalue weighted by atomic mass is 19.4. The van der Waals surface area contributed by atoms with Gasteiger partial charge >= 0.3 is 12.2 Å². The Hall–Kier alpha value is -4.74. The van der Waals surface area contributed by atoms with E-state index in [-0.39, 0.29) is 24.1 Å². The van der Waals surface area contributed by atoms with E-state index < -0.39 is 23.8 Å². The third-order valence-electron chi connectivity index (χ3n) is 7.77. The third-order valence-corrected chi connectivity index (χ3v) is 7.77. The summed E-state index contributed by atoms with van der Waals surface area (Å²) < 4.78 is 46.2. The second kappa shape index (κ2) is 13.3. The van der Waals surface area contributed by atoms with Crippen molar-refractivity contribution in [2.75, 3.05) is 44.7 Å². The Labute approximate surface area is 254 Å². The highest BCUT2D eigenvalue weighted by Gasteiger charge is 2.45. The summed E-state index contributed by atoms with van der Waals surface area (Å²) in [5, 5.41) is 12.1. The maximum absolute atomic E-state index is 13.8. The van der Waals surface area contributed by atoms with Crippen LogP contribution in [0.4, 0.5) is 23.7 Å². The normalized spacial score (nSPS) is 19.9. The Morgan fingerprint density at radius 3 is 2.66 bits per heavy atom. The Morgan fingerprint density at radius 1 is 1.18 bits per heavy atom. The first kappa shape index (κ1) is 30.7. The predicted molar refractivity (Wildman–Crippen MR) is 157 cm³/mol. The molecule has 1 aliphatic carbocycles. The monoisotopic (exact) mass is 603 g/mol. The van der Waals surface area contributed by atoms with E-state index in [2.05, 4.69) is 28.4 Å². The molecule has 0 radical (unpaired) electrons. The van der Waals surface area contributed by atoms with Crippen LogP contribution in [0.15, 0.2) is 77.5 Å². The number of carbonyl (C=O) groups is 2. The minimum Gasteiger partial charge on any atom is -0.494 e. The number of allylic oxidation sites excluding steroid dienone is 2. The molecule has 5 rings (SSSR count). The molecule has 2 heterocycles. The molecule has 0 saturated heterocycles. The number of carbonyl (C=O) groups excluding carboxylic acids is 2. The first-order chi connectivity index (χ1) is 21.2. The van der Waals surface area contributed by atoms with Crippen LogP contribution in [-0.2, 0) is 11.0 Å². The molecule has 0 bridgehead atoms. The fourth-order valence-electron chi connectivity index (χ4n) is 5.53. The SMILES string of the molecule is CN(CCCOc1ccccc1)CCCN1CC2=C(C1=O)C(C1=CCC(C#N)C=C1)NC(=O)N2c1cc#cc(C(F)(F)F)c1. The van der Waals surface area contributed by atoms with Crippen molar-refractivity contribution < 1.29 is 27.5 Å². The number of alkyl halides is 3. The van der Waals surface area contributed by atoms with E-state index in [1.54, 1.807) is 17.1 Å². The van der Waals surface area contributed by atoms with E-state index in [4.69, 9.17) is 4.74 Å². The molecule has 2 aromatic rings. The number of nitrogens with zero attached hydrogens (tertiary/aromatic N) is 4. The van der Waals surface area contributed by atoms with Gasteiger partial charge in [0.25, 0.3) is 5.91 Å². The van der Waals surface area contributed by atoms with Gasteiger partial charge in [0.15, 0.2) is 0 Å². The largest absolute Gasteiger partial charge is 0.494 e.